The molecule has 2 aromatic rings. The van der Waals surface area contributed by atoms with Gasteiger partial charge in [0.15, 0.2) is 0 Å². The number of aromatic nitrogens is 2. The van der Waals surface area contributed by atoms with Gasteiger partial charge in [-0.15, -0.1) is 0 Å². The van der Waals surface area contributed by atoms with Crippen LogP contribution in [0.3, 0.4) is 0 Å². The van der Waals surface area contributed by atoms with Crippen LogP contribution < -0.4 is 0 Å². The topological polar surface area (TPSA) is 44.1 Å². The Morgan fingerprint density at radius 2 is 2.22 bits per heavy atom. The van der Waals surface area contributed by atoms with Gasteiger partial charge in [0.05, 0.1) is 12.3 Å². The van der Waals surface area contributed by atoms with E-state index in [9.17, 15) is 4.79 Å². The molecule has 2 rings (SSSR count). The molecule has 0 unspecified atom stereocenters. The third-order valence-electron chi connectivity index (χ3n) is 2.69. The molecular weight excluding hydrogens is 228 g/mol. The van der Waals surface area contributed by atoms with Crippen molar-refractivity contribution < 1.29 is 9.53 Å². The predicted molar refractivity (Wildman–Crippen MR) is 68.5 cm³/mol. The first-order valence-corrected chi connectivity index (χ1v) is 5.89. The molecule has 2 heterocycles. The van der Waals surface area contributed by atoms with Gasteiger partial charge >= 0.3 is 0 Å². The third kappa shape index (κ3) is 3.28. The second-order valence-electron chi connectivity index (χ2n) is 4.05. The van der Waals surface area contributed by atoms with Crippen LogP contribution in [0.2, 0.25) is 0 Å². The number of hydrogen-bond donors (Lipinski definition) is 0. The van der Waals surface area contributed by atoms with Gasteiger partial charge in [-0.1, -0.05) is 6.07 Å². The third-order valence-corrected chi connectivity index (χ3v) is 2.69. The molecule has 4 nitrogen and oxygen atoms in total. The summed E-state index contributed by atoms with van der Waals surface area (Å²) in [4.78, 5) is 16.0. The van der Waals surface area contributed by atoms with Gasteiger partial charge in [0, 0.05) is 31.6 Å². The monoisotopic (exact) mass is 244 g/mol. The average Bonchev–Trinajstić information content (AvgIpc) is 2.82. The Bertz CT molecular complexity index is 506. The minimum atomic E-state index is 0.00326. The van der Waals surface area contributed by atoms with Crippen molar-refractivity contribution in [1.82, 2.24) is 9.55 Å². The maximum Gasteiger partial charge on any atom is 0.204 e. The highest BCUT2D eigenvalue weighted by atomic mass is 16.5. The molecule has 0 bridgehead atoms. The number of carbonyl (C=O) groups excluding carboxylic acids is 1. The number of nitrogens with zero attached hydrogens (tertiary/aromatic N) is 2. The highest BCUT2D eigenvalue weighted by Gasteiger charge is 2.08. The number of aryl methyl sites for hydroxylation is 1. The lowest BCUT2D eigenvalue weighted by molar-refractivity contribution is 0.0756. The fourth-order valence-electron chi connectivity index (χ4n) is 1.71. The van der Waals surface area contributed by atoms with Crippen LogP contribution in [0.25, 0.3) is 0 Å². The lowest BCUT2D eigenvalue weighted by Crippen LogP contribution is -2.14. The Hall–Kier alpha value is -1.94. The minimum Gasteiger partial charge on any atom is -0.373 e. The van der Waals surface area contributed by atoms with Gasteiger partial charge in [0.25, 0.3) is 0 Å². The summed E-state index contributed by atoms with van der Waals surface area (Å²) >= 11 is 0. The van der Waals surface area contributed by atoms with E-state index in [0.717, 1.165) is 12.1 Å². The lowest BCUT2D eigenvalue weighted by Gasteiger charge is -2.04. The van der Waals surface area contributed by atoms with E-state index in [0.29, 0.717) is 12.3 Å². The molecule has 4 heteroatoms. The summed E-state index contributed by atoms with van der Waals surface area (Å²) in [5.41, 5.74) is 1.65. The van der Waals surface area contributed by atoms with Crippen LogP contribution in [0.15, 0.2) is 42.7 Å². The van der Waals surface area contributed by atoms with Gasteiger partial charge < -0.3 is 9.30 Å². The molecule has 0 aromatic carbocycles. The number of pyridine rings is 1. The molecular formula is C14H16N2O2. The molecule has 94 valence electrons. The average molecular weight is 244 g/mol. The zero-order valence-electron chi connectivity index (χ0n) is 10.4. The fraction of sp³-hybridized carbons (Fsp3) is 0.286. The molecule has 0 N–H and O–H groups in total. The van der Waals surface area contributed by atoms with Crippen LogP contribution in [0.5, 0.6) is 0 Å². The number of hydrogen-bond acceptors (Lipinski definition) is 3. The lowest BCUT2D eigenvalue weighted by atomic mass is 10.3. The smallest absolute Gasteiger partial charge is 0.204 e. The summed E-state index contributed by atoms with van der Waals surface area (Å²) in [6.45, 7) is 0.623. The van der Waals surface area contributed by atoms with E-state index in [1.165, 1.54) is 0 Å². The van der Waals surface area contributed by atoms with Crippen LogP contribution in [-0.4, -0.2) is 28.5 Å². The van der Waals surface area contributed by atoms with Crippen molar-refractivity contribution in [3.05, 3.63) is 54.1 Å². The second-order valence-corrected chi connectivity index (χ2v) is 4.05. The SMILES string of the molecule is Cn1cccc1C(=O)COCCc1ccccn1. The normalized spacial score (nSPS) is 10.5. The van der Waals surface area contributed by atoms with E-state index in [4.69, 9.17) is 4.74 Å². The maximum absolute atomic E-state index is 11.8. The number of carbonyl (C=O) groups is 1. The van der Waals surface area contributed by atoms with Crippen LogP contribution in [0.1, 0.15) is 16.2 Å². The molecule has 0 atom stereocenters. The molecule has 0 saturated carbocycles. The highest BCUT2D eigenvalue weighted by Crippen LogP contribution is 2.02. The van der Waals surface area contributed by atoms with Gasteiger partial charge in [0.2, 0.25) is 5.78 Å². The standard InChI is InChI=1S/C14H16N2O2/c1-16-9-4-6-13(16)14(17)11-18-10-7-12-5-2-3-8-15-12/h2-6,8-9H,7,10-11H2,1H3. The molecule has 18 heavy (non-hydrogen) atoms. The molecule has 0 aliphatic rings. The first-order valence-electron chi connectivity index (χ1n) is 5.89. The van der Waals surface area contributed by atoms with Gasteiger partial charge in [-0.3, -0.25) is 9.78 Å². The minimum absolute atomic E-state index is 0.00326. The summed E-state index contributed by atoms with van der Waals surface area (Å²) in [5, 5.41) is 0. The van der Waals surface area contributed by atoms with Crippen LogP contribution in [0, 0.1) is 0 Å². The van der Waals surface area contributed by atoms with Crippen LogP contribution in [-0.2, 0) is 18.2 Å². The molecule has 0 amide bonds. The number of ketones is 1. The van der Waals surface area contributed by atoms with E-state index >= 15 is 0 Å². The van der Waals surface area contributed by atoms with Crippen molar-refractivity contribution in [2.24, 2.45) is 7.05 Å². The van der Waals surface area contributed by atoms with E-state index in [2.05, 4.69) is 4.98 Å². The van der Waals surface area contributed by atoms with Gasteiger partial charge in [-0.2, -0.15) is 0 Å². The molecule has 0 radical (unpaired) electrons. The van der Waals surface area contributed by atoms with Crippen molar-refractivity contribution in [2.75, 3.05) is 13.2 Å². The highest BCUT2D eigenvalue weighted by molar-refractivity contribution is 5.95. The van der Waals surface area contributed by atoms with Crippen LogP contribution in [0.4, 0.5) is 0 Å². The van der Waals surface area contributed by atoms with Crippen molar-refractivity contribution in [2.45, 2.75) is 6.42 Å². The van der Waals surface area contributed by atoms with E-state index < -0.39 is 0 Å². The van der Waals surface area contributed by atoms with Gasteiger partial charge in [0.1, 0.15) is 6.61 Å². The Labute approximate surface area is 106 Å². The van der Waals surface area contributed by atoms with Gasteiger partial charge in [-0.25, -0.2) is 0 Å². The molecule has 0 spiro atoms. The Balaban J connectivity index is 1.73. The van der Waals surface area contributed by atoms with E-state index in [1.807, 2.05) is 37.5 Å². The first kappa shape index (κ1) is 12.5. The maximum atomic E-state index is 11.8. The molecule has 0 aliphatic heterocycles. The molecule has 0 aliphatic carbocycles. The van der Waals surface area contributed by atoms with E-state index in [-0.39, 0.29) is 12.4 Å². The Morgan fingerprint density at radius 3 is 2.89 bits per heavy atom. The summed E-state index contributed by atoms with van der Waals surface area (Å²) < 4.78 is 7.17. The van der Waals surface area contributed by atoms with Crippen LogP contribution >= 0.6 is 0 Å². The molecule has 0 fully saturated rings. The summed E-state index contributed by atoms with van der Waals surface area (Å²) in [7, 11) is 1.85. The van der Waals surface area contributed by atoms with E-state index in [1.54, 1.807) is 16.8 Å². The number of rotatable bonds is 6. The predicted octanol–water partition coefficient (Wildman–Crippen LogP) is 1.86. The summed E-state index contributed by atoms with van der Waals surface area (Å²) in [6, 6.07) is 9.41. The second kappa shape index (κ2) is 6.12. The first-order chi connectivity index (χ1) is 8.77. The summed E-state index contributed by atoms with van der Waals surface area (Å²) in [6.07, 6.45) is 4.33. The fourth-order valence-corrected chi connectivity index (χ4v) is 1.71. The molecule has 2 aromatic heterocycles. The Morgan fingerprint density at radius 1 is 1.33 bits per heavy atom. The zero-order chi connectivity index (χ0) is 12.8. The van der Waals surface area contributed by atoms with Gasteiger partial charge in [-0.05, 0) is 24.3 Å². The number of ether oxygens (including phenoxy) is 1. The zero-order valence-corrected chi connectivity index (χ0v) is 10.4. The number of Topliss-reactive ketones (excluding diaryl/α,β-unsaturated/α-hetero) is 1. The van der Waals surface area contributed by atoms with Crippen molar-refractivity contribution in [1.29, 1.82) is 0 Å². The van der Waals surface area contributed by atoms with Crippen molar-refractivity contribution in [3.8, 4) is 0 Å². The Kier molecular flexibility index (Phi) is 4.25. The van der Waals surface area contributed by atoms with Crippen molar-refractivity contribution >= 4 is 5.78 Å². The molecule has 0 saturated heterocycles. The summed E-state index contributed by atoms with van der Waals surface area (Å²) in [5.74, 6) is 0.00326. The quantitative estimate of drug-likeness (QED) is 0.575. The largest absolute Gasteiger partial charge is 0.373 e. The van der Waals surface area contributed by atoms with Crippen molar-refractivity contribution in [3.63, 3.8) is 0 Å².